The highest BCUT2D eigenvalue weighted by atomic mass is 32.1. The van der Waals surface area contributed by atoms with Crippen LogP contribution >= 0.6 is 11.3 Å². The normalized spacial score (nSPS) is 22.0. The van der Waals surface area contributed by atoms with E-state index in [1.54, 1.807) is 11.3 Å². The minimum Gasteiger partial charge on any atom is -0.315 e. The van der Waals surface area contributed by atoms with E-state index in [9.17, 15) is 0 Å². The van der Waals surface area contributed by atoms with Gasteiger partial charge in [-0.05, 0) is 19.5 Å². The Balaban J connectivity index is 1.92. The molecule has 0 aliphatic carbocycles. The minimum atomic E-state index is 0.712. The summed E-state index contributed by atoms with van der Waals surface area (Å²) >= 11 is 1.75. The molecule has 1 aliphatic heterocycles. The Labute approximate surface area is 89.1 Å². The summed E-state index contributed by atoms with van der Waals surface area (Å²) in [5.74, 6) is 0. The van der Waals surface area contributed by atoms with Crippen LogP contribution in [0.1, 0.15) is 18.4 Å². The van der Waals surface area contributed by atoms with Crippen LogP contribution in [0.4, 0.5) is 0 Å². The van der Waals surface area contributed by atoms with E-state index in [1.807, 2.05) is 6.20 Å². The van der Waals surface area contributed by atoms with Crippen molar-refractivity contribution < 1.29 is 0 Å². The van der Waals surface area contributed by atoms with Crippen molar-refractivity contribution in [3.8, 4) is 0 Å². The Hall–Kier alpha value is -0.450. The van der Waals surface area contributed by atoms with Crippen LogP contribution < -0.4 is 5.32 Å². The van der Waals surface area contributed by atoms with E-state index in [2.05, 4.69) is 27.5 Å². The molecule has 3 nitrogen and oxygen atoms in total. The van der Waals surface area contributed by atoms with E-state index in [4.69, 9.17) is 0 Å². The zero-order valence-corrected chi connectivity index (χ0v) is 9.39. The molecule has 0 amide bonds. The smallest absolute Gasteiger partial charge is 0.107 e. The first kappa shape index (κ1) is 10.1. The Morgan fingerprint density at radius 3 is 3.21 bits per heavy atom. The zero-order valence-electron chi connectivity index (χ0n) is 8.57. The SMILES string of the molecule is CCN(Cc1nccs1)C1CCNC1. The second-order valence-corrected chi connectivity index (χ2v) is 4.61. The largest absolute Gasteiger partial charge is 0.315 e. The monoisotopic (exact) mass is 211 g/mol. The maximum Gasteiger partial charge on any atom is 0.107 e. The standard InChI is InChI=1S/C10H17N3S/c1-2-13(9-3-4-11-7-9)8-10-12-5-6-14-10/h5-6,9,11H,2-4,7-8H2,1H3. The number of hydrogen-bond donors (Lipinski definition) is 1. The van der Waals surface area contributed by atoms with Gasteiger partial charge in [-0.15, -0.1) is 11.3 Å². The van der Waals surface area contributed by atoms with Gasteiger partial charge in [-0.1, -0.05) is 6.92 Å². The third-order valence-electron chi connectivity index (χ3n) is 2.78. The topological polar surface area (TPSA) is 28.2 Å². The van der Waals surface area contributed by atoms with Gasteiger partial charge in [-0.25, -0.2) is 4.98 Å². The molecule has 0 radical (unpaired) electrons. The predicted molar refractivity (Wildman–Crippen MR) is 59.5 cm³/mol. The van der Waals surface area contributed by atoms with Crippen LogP contribution in [0.25, 0.3) is 0 Å². The Kier molecular flexibility index (Phi) is 3.50. The average Bonchev–Trinajstić information content (AvgIpc) is 2.86. The Morgan fingerprint density at radius 1 is 1.71 bits per heavy atom. The summed E-state index contributed by atoms with van der Waals surface area (Å²) in [7, 11) is 0. The highest BCUT2D eigenvalue weighted by Crippen LogP contribution is 2.14. The van der Waals surface area contributed by atoms with Crippen molar-refractivity contribution in [2.45, 2.75) is 25.9 Å². The van der Waals surface area contributed by atoms with E-state index >= 15 is 0 Å². The third-order valence-corrected chi connectivity index (χ3v) is 3.54. The summed E-state index contributed by atoms with van der Waals surface area (Å²) in [5, 5.41) is 6.69. The summed E-state index contributed by atoms with van der Waals surface area (Å²) in [4.78, 5) is 6.84. The molecule has 1 aliphatic rings. The molecule has 0 saturated carbocycles. The zero-order chi connectivity index (χ0) is 9.80. The second-order valence-electron chi connectivity index (χ2n) is 3.64. The molecular formula is C10H17N3S. The molecule has 0 bridgehead atoms. The fraction of sp³-hybridized carbons (Fsp3) is 0.700. The lowest BCUT2D eigenvalue weighted by Gasteiger charge is -2.25. The number of nitrogens with zero attached hydrogens (tertiary/aromatic N) is 2. The molecule has 1 saturated heterocycles. The number of aromatic nitrogens is 1. The number of nitrogens with one attached hydrogen (secondary N) is 1. The molecule has 1 unspecified atom stereocenters. The van der Waals surface area contributed by atoms with Crippen molar-refractivity contribution in [1.29, 1.82) is 0 Å². The van der Waals surface area contributed by atoms with E-state index in [0.29, 0.717) is 6.04 Å². The van der Waals surface area contributed by atoms with E-state index in [1.165, 1.54) is 18.0 Å². The molecule has 4 heteroatoms. The van der Waals surface area contributed by atoms with Crippen LogP contribution in [0, 0.1) is 0 Å². The Morgan fingerprint density at radius 2 is 2.64 bits per heavy atom. The molecule has 1 atom stereocenters. The number of thiazole rings is 1. The van der Waals surface area contributed by atoms with Crippen molar-refractivity contribution >= 4 is 11.3 Å². The fourth-order valence-corrected chi connectivity index (χ4v) is 2.60. The molecule has 0 aromatic carbocycles. The summed E-state index contributed by atoms with van der Waals surface area (Å²) < 4.78 is 0. The Bertz CT molecular complexity index is 254. The van der Waals surface area contributed by atoms with Crippen molar-refractivity contribution in [2.75, 3.05) is 19.6 Å². The first-order chi connectivity index (χ1) is 6.90. The van der Waals surface area contributed by atoms with Gasteiger partial charge in [0.05, 0.1) is 6.54 Å². The van der Waals surface area contributed by atoms with Crippen molar-refractivity contribution in [2.24, 2.45) is 0 Å². The number of rotatable bonds is 4. The van der Waals surface area contributed by atoms with Gasteiger partial charge in [0.15, 0.2) is 0 Å². The lowest BCUT2D eigenvalue weighted by Crippen LogP contribution is -2.36. The summed E-state index contributed by atoms with van der Waals surface area (Å²) in [6.07, 6.45) is 3.17. The lowest BCUT2D eigenvalue weighted by molar-refractivity contribution is 0.210. The second kappa shape index (κ2) is 4.87. The van der Waals surface area contributed by atoms with Crippen molar-refractivity contribution in [1.82, 2.24) is 15.2 Å². The van der Waals surface area contributed by atoms with E-state index in [-0.39, 0.29) is 0 Å². The molecule has 78 valence electrons. The van der Waals surface area contributed by atoms with Crippen LogP contribution in [-0.2, 0) is 6.54 Å². The van der Waals surface area contributed by atoms with Crippen LogP contribution in [0.3, 0.4) is 0 Å². The molecule has 1 fully saturated rings. The van der Waals surface area contributed by atoms with Crippen LogP contribution in [-0.4, -0.2) is 35.6 Å². The van der Waals surface area contributed by atoms with Crippen LogP contribution in [0.2, 0.25) is 0 Å². The van der Waals surface area contributed by atoms with Gasteiger partial charge in [0, 0.05) is 24.2 Å². The molecule has 1 aromatic rings. The molecule has 1 N–H and O–H groups in total. The van der Waals surface area contributed by atoms with Crippen LogP contribution in [0.15, 0.2) is 11.6 Å². The third kappa shape index (κ3) is 2.32. The molecule has 2 rings (SSSR count). The van der Waals surface area contributed by atoms with Gasteiger partial charge in [-0.3, -0.25) is 4.90 Å². The van der Waals surface area contributed by atoms with Gasteiger partial charge in [0.1, 0.15) is 5.01 Å². The molecule has 1 aromatic heterocycles. The molecule has 2 heterocycles. The number of hydrogen-bond acceptors (Lipinski definition) is 4. The average molecular weight is 211 g/mol. The minimum absolute atomic E-state index is 0.712. The van der Waals surface area contributed by atoms with Gasteiger partial charge in [0.2, 0.25) is 0 Å². The van der Waals surface area contributed by atoms with Gasteiger partial charge < -0.3 is 5.32 Å². The first-order valence-corrected chi connectivity index (χ1v) is 6.11. The van der Waals surface area contributed by atoms with Crippen molar-refractivity contribution in [3.63, 3.8) is 0 Å². The molecule has 14 heavy (non-hydrogen) atoms. The quantitative estimate of drug-likeness (QED) is 0.814. The van der Waals surface area contributed by atoms with Gasteiger partial charge in [0.25, 0.3) is 0 Å². The highest BCUT2D eigenvalue weighted by molar-refractivity contribution is 7.09. The summed E-state index contributed by atoms with van der Waals surface area (Å²) in [6.45, 7) is 6.66. The lowest BCUT2D eigenvalue weighted by atomic mass is 10.2. The maximum absolute atomic E-state index is 4.33. The maximum atomic E-state index is 4.33. The molecular weight excluding hydrogens is 194 g/mol. The van der Waals surface area contributed by atoms with Crippen LogP contribution in [0.5, 0.6) is 0 Å². The summed E-state index contributed by atoms with van der Waals surface area (Å²) in [6, 6.07) is 0.712. The highest BCUT2D eigenvalue weighted by Gasteiger charge is 2.21. The van der Waals surface area contributed by atoms with Crippen molar-refractivity contribution in [3.05, 3.63) is 16.6 Å². The summed E-state index contributed by atoms with van der Waals surface area (Å²) in [5.41, 5.74) is 0. The molecule has 0 spiro atoms. The number of likely N-dealkylation sites (N-methyl/N-ethyl adjacent to an activating group) is 1. The van der Waals surface area contributed by atoms with Gasteiger partial charge in [-0.2, -0.15) is 0 Å². The fourth-order valence-electron chi connectivity index (χ4n) is 1.95. The van der Waals surface area contributed by atoms with Gasteiger partial charge >= 0.3 is 0 Å². The van der Waals surface area contributed by atoms with E-state index < -0.39 is 0 Å². The predicted octanol–water partition coefficient (Wildman–Crippen LogP) is 1.33. The first-order valence-electron chi connectivity index (χ1n) is 5.23. The van der Waals surface area contributed by atoms with E-state index in [0.717, 1.165) is 19.6 Å².